The van der Waals surface area contributed by atoms with Gasteiger partial charge in [-0.3, -0.25) is 0 Å². The van der Waals surface area contributed by atoms with Crippen LogP contribution >= 0.6 is 12.2 Å². The topological polar surface area (TPSA) is 49.6 Å². The van der Waals surface area contributed by atoms with Crippen LogP contribution in [0.3, 0.4) is 0 Å². The number of rotatable bonds is 3. The highest BCUT2D eigenvalue weighted by Gasteiger charge is 2.25. The average molecular weight is 257 g/mol. The van der Waals surface area contributed by atoms with E-state index in [2.05, 4.69) is 6.92 Å². The molecule has 2 amide bonds. The van der Waals surface area contributed by atoms with E-state index >= 15 is 0 Å². The van der Waals surface area contributed by atoms with Crippen molar-refractivity contribution >= 4 is 23.2 Å². The Hall–Kier alpha value is -0.840. The third kappa shape index (κ3) is 4.15. The van der Waals surface area contributed by atoms with Gasteiger partial charge in [0.2, 0.25) is 0 Å². The lowest BCUT2D eigenvalue weighted by Crippen LogP contribution is -2.49. The molecule has 17 heavy (non-hydrogen) atoms. The van der Waals surface area contributed by atoms with Gasteiger partial charge in [0.25, 0.3) is 0 Å². The number of thiocarbonyl (C=S) groups is 1. The van der Waals surface area contributed by atoms with Gasteiger partial charge in [-0.25, -0.2) is 4.79 Å². The number of hydrogen-bond acceptors (Lipinski definition) is 2. The highest BCUT2D eigenvalue weighted by atomic mass is 32.1. The first-order valence-electron chi connectivity index (χ1n) is 6.22. The van der Waals surface area contributed by atoms with Crippen molar-refractivity contribution in [2.75, 3.05) is 20.1 Å². The lowest BCUT2D eigenvalue weighted by atomic mass is 10.0. The van der Waals surface area contributed by atoms with Crippen molar-refractivity contribution in [2.24, 2.45) is 11.7 Å². The molecule has 0 aromatic heterocycles. The van der Waals surface area contributed by atoms with Crippen LogP contribution in [0.25, 0.3) is 0 Å². The second-order valence-electron chi connectivity index (χ2n) is 5.11. The van der Waals surface area contributed by atoms with Gasteiger partial charge in [0.1, 0.15) is 0 Å². The molecule has 1 heterocycles. The number of urea groups is 1. The fourth-order valence-electron chi connectivity index (χ4n) is 2.20. The van der Waals surface area contributed by atoms with E-state index in [1.54, 1.807) is 4.90 Å². The molecule has 1 saturated heterocycles. The minimum atomic E-state index is 0.0669. The van der Waals surface area contributed by atoms with E-state index < -0.39 is 0 Å². The molecule has 2 unspecified atom stereocenters. The van der Waals surface area contributed by atoms with Gasteiger partial charge in [-0.1, -0.05) is 19.1 Å². The Bertz CT molecular complexity index is 295. The normalized spacial score (nSPS) is 22.1. The molecule has 98 valence electrons. The molecule has 4 nitrogen and oxygen atoms in total. The monoisotopic (exact) mass is 257 g/mol. The minimum Gasteiger partial charge on any atom is -0.393 e. The van der Waals surface area contributed by atoms with Gasteiger partial charge in [0.15, 0.2) is 0 Å². The maximum Gasteiger partial charge on any atom is 0.320 e. The maximum atomic E-state index is 12.2. The van der Waals surface area contributed by atoms with Crippen LogP contribution in [0.5, 0.6) is 0 Å². The second kappa shape index (κ2) is 6.19. The van der Waals surface area contributed by atoms with Gasteiger partial charge in [-0.05, 0) is 25.7 Å². The summed E-state index contributed by atoms with van der Waals surface area (Å²) in [6.45, 7) is 5.90. The van der Waals surface area contributed by atoms with E-state index in [-0.39, 0.29) is 12.1 Å². The summed E-state index contributed by atoms with van der Waals surface area (Å²) < 4.78 is 0. The van der Waals surface area contributed by atoms with Crippen LogP contribution in [0.2, 0.25) is 0 Å². The van der Waals surface area contributed by atoms with Gasteiger partial charge in [0.05, 0.1) is 4.99 Å². The van der Waals surface area contributed by atoms with Crippen LogP contribution in [0.15, 0.2) is 0 Å². The van der Waals surface area contributed by atoms with Crippen LogP contribution in [-0.4, -0.2) is 47.0 Å². The summed E-state index contributed by atoms with van der Waals surface area (Å²) in [5.41, 5.74) is 5.51. The number of nitrogens with zero attached hydrogens (tertiary/aromatic N) is 2. The van der Waals surface area contributed by atoms with Crippen molar-refractivity contribution in [1.29, 1.82) is 0 Å². The van der Waals surface area contributed by atoms with Crippen molar-refractivity contribution in [2.45, 2.75) is 39.2 Å². The van der Waals surface area contributed by atoms with Crippen molar-refractivity contribution in [3.63, 3.8) is 0 Å². The number of piperidine rings is 1. The number of nitrogens with two attached hydrogens (primary N) is 1. The van der Waals surface area contributed by atoms with Gasteiger partial charge in [-0.2, -0.15) is 0 Å². The molecule has 0 radical (unpaired) electrons. The second-order valence-corrected chi connectivity index (χ2v) is 5.63. The van der Waals surface area contributed by atoms with Crippen LogP contribution in [0.1, 0.15) is 33.1 Å². The molecule has 0 saturated carbocycles. The molecule has 0 bridgehead atoms. The molecule has 5 heteroatoms. The lowest BCUT2D eigenvalue weighted by molar-refractivity contribution is 0.129. The molecule has 1 fully saturated rings. The first-order chi connectivity index (χ1) is 7.91. The third-order valence-corrected chi connectivity index (χ3v) is 3.55. The molecule has 0 aromatic rings. The van der Waals surface area contributed by atoms with Gasteiger partial charge in [-0.15, -0.1) is 0 Å². The SMILES string of the molecule is CC1CCCN(C(=O)N(C)C(C)CC(N)=S)C1. The van der Waals surface area contributed by atoms with Crippen molar-refractivity contribution in [3.8, 4) is 0 Å². The summed E-state index contributed by atoms with van der Waals surface area (Å²) in [7, 11) is 1.82. The van der Waals surface area contributed by atoms with E-state index in [1.165, 1.54) is 6.42 Å². The summed E-state index contributed by atoms with van der Waals surface area (Å²) in [4.78, 5) is 16.4. The predicted molar refractivity (Wildman–Crippen MR) is 74.0 cm³/mol. The van der Waals surface area contributed by atoms with Crippen LogP contribution in [0, 0.1) is 5.92 Å². The number of carbonyl (C=O) groups is 1. The Balaban J connectivity index is 2.53. The fraction of sp³-hybridized carbons (Fsp3) is 0.833. The molecule has 0 aromatic carbocycles. The molecule has 2 N–H and O–H groups in total. The smallest absolute Gasteiger partial charge is 0.320 e. The van der Waals surface area contributed by atoms with Crippen molar-refractivity contribution in [3.05, 3.63) is 0 Å². The Kier molecular flexibility index (Phi) is 5.18. The first kappa shape index (κ1) is 14.2. The zero-order chi connectivity index (χ0) is 13.0. The standard InChI is InChI=1S/C12H23N3OS/c1-9-5-4-6-15(8-9)12(16)14(3)10(2)7-11(13)17/h9-10H,4-8H2,1-3H3,(H2,13,17). The van der Waals surface area contributed by atoms with Crippen LogP contribution in [-0.2, 0) is 0 Å². The quantitative estimate of drug-likeness (QED) is 0.785. The molecule has 2 atom stereocenters. The van der Waals surface area contributed by atoms with E-state index in [9.17, 15) is 4.79 Å². The third-order valence-electron chi connectivity index (χ3n) is 3.39. The van der Waals surface area contributed by atoms with Crippen LogP contribution < -0.4 is 5.73 Å². The lowest BCUT2D eigenvalue weighted by Gasteiger charge is -2.36. The zero-order valence-corrected chi connectivity index (χ0v) is 11.8. The highest BCUT2D eigenvalue weighted by molar-refractivity contribution is 7.80. The predicted octanol–water partition coefficient (Wildman–Crippen LogP) is 1.83. The zero-order valence-electron chi connectivity index (χ0n) is 11.0. The van der Waals surface area contributed by atoms with E-state index in [0.717, 1.165) is 19.5 Å². The summed E-state index contributed by atoms with van der Waals surface area (Å²) in [6.07, 6.45) is 2.90. The van der Waals surface area contributed by atoms with Crippen LogP contribution in [0.4, 0.5) is 4.79 Å². The Labute approximate surface area is 109 Å². The molecule has 0 spiro atoms. The van der Waals surface area contributed by atoms with Crippen molar-refractivity contribution in [1.82, 2.24) is 9.80 Å². The largest absolute Gasteiger partial charge is 0.393 e. The Morgan fingerprint density at radius 2 is 2.29 bits per heavy atom. The van der Waals surface area contributed by atoms with Gasteiger partial charge in [0, 0.05) is 32.6 Å². The number of amides is 2. The van der Waals surface area contributed by atoms with E-state index in [4.69, 9.17) is 18.0 Å². The molecular weight excluding hydrogens is 234 g/mol. The summed E-state index contributed by atoms with van der Waals surface area (Å²) >= 11 is 4.88. The number of carbonyl (C=O) groups excluding carboxylic acids is 1. The first-order valence-corrected chi connectivity index (χ1v) is 6.62. The average Bonchev–Trinajstić information content (AvgIpc) is 2.26. The van der Waals surface area contributed by atoms with Gasteiger partial charge < -0.3 is 15.5 Å². The summed E-state index contributed by atoms with van der Waals surface area (Å²) in [5.74, 6) is 0.604. The minimum absolute atomic E-state index is 0.0669. The Morgan fingerprint density at radius 3 is 2.82 bits per heavy atom. The van der Waals surface area contributed by atoms with E-state index in [0.29, 0.717) is 17.3 Å². The maximum absolute atomic E-state index is 12.2. The fourth-order valence-corrected chi connectivity index (χ4v) is 2.44. The summed E-state index contributed by atoms with van der Waals surface area (Å²) in [5, 5.41) is 0. The number of hydrogen-bond donors (Lipinski definition) is 1. The number of likely N-dealkylation sites (tertiary alicyclic amines) is 1. The molecule has 1 aliphatic heterocycles. The molecule has 0 aliphatic carbocycles. The summed E-state index contributed by atoms with van der Waals surface area (Å²) in [6, 6.07) is 0.164. The van der Waals surface area contributed by atoms with E-state index in [1.807, 2.05) is 18.9 Å². The highest BCUT2D eigenvalue weighted by Crippen LogP contribution is 2.17. The Morgan fingerprint density at radius 1 is 1.65 bits per heavy atom. The molecule has 1 aliphatic rings. The molecular formula is C12H23N3OS. The van der Waals surface area contributed by atoms with Gasteiger partial charge >= 0.3 is 6.03 Å². The molecule has 1 rings (SSSR count). The van der Waals surface area contributed by atoms with Crippen molar-refractivity contribution < 1.29 is 4.79 Å².